The van der Waals surface area contributed by atoms with E-state index in [1.807, 2.05) is 0 Å². The summed E-state index contributed by atoms with van der Waals surface area (Å²) in [6.07, 6.45) is 0. The Bertz CT molecular complexity index is 1250. The molecule has 1 amide bonds. The minimum Gasteiger partial charge on any atom is -0.480 e. The molecule has 1 fully saturated rings. The van der Waals surface area contributed by atoms with E-state index in [1.165, 1.54) is 18.7 Å². The number of carboxylic acid groups (broad SMARTS) is 1. The van der Waals surface area contributed by atoms with Gasteiger partial charge in [-0.3, -0.25) is 4.79 Å². The summed E-state index contributed by atoms with van der Waals surface area (Å²) in [6.45, 7) is 1.20. The van der Waals surface area contributed by atoms with Gasteiger partial charge < -0.3 is 14.4 Å². The molecule has 2 heterocycles. The van der Waals surface area contributed by atoms with Crippen molar-refractivity contribution in [2.75, 3.05) is 5.75 Å². The lowest BCUT2D eigenvalue weighted by molar-refractivity contribution is -0.141. The summed E-state index contributed by atoms with van der Waals surface area (Å²) in [5, 5.41) is 7.99. The van der Waals surface area contributed by atoms with Crippen molar-refractivity contribution < 1.29 is 36.7 Å². The standard InChI is InChI=1S/C20H12BrF4NO4S/c1-7-11(12-13(22)14(23)15(24)16(25)17(12)30-7)18(27)26-10(20(28)29)6-31-19(26)8-3-2-4-9(21)5-8/h2-5,10,19H,6H2,1H3,(H,28,29). The molecule has 0 aliphatic carbocycles. The molecule has 31 heavy (non-hydrogen) atoms. The SMILES string of the molecule is Cc1oc2c(F)c(F)c(F)c(F)c2c1C(=O)N1C(C(=O)O)CSC1c1cccc(Br)c1. The number of carbonyl (C=O) groups excluding carboxylic acids is 1. The zero-order chi connectivity index (χ0) is 22.6. The Kier molecular flexibility index (Phi) is 5.50. The molecule has 1 aliphatic rings. The van der Waals surface area contributed by atoms with Gasteiger partial charge in [0, 0.05) is 10.2 Å². The molecule has 2 aromatic carbocycles. The molecule has 0 saturated carbocycles. The number of hydrogen-bond donors (Lipinski definition) is 1. The fourth-order valence-corrected chi connectivity index (χ4v) is 5.39. The summed E-state index contributed by atoms with van der Waals surface area (Å²) in [5.41, 5.74) is -0.917. The van der Waals surface area contributed by atoms with Crippen LogP contribution >= 0.6 is 27.7 Å². The molecule has 1 N–H and O–H groups in total. The first kappa shape index (κ1) is 21.7. The normalized spacial score (nSPS) is 18.7. The summed E-state index contributed by atoms with van der Waals surface area (Å²) in [6, 6.07) is 5.53. The van der Waals surface area contributed by atoms with Gasteiger partial charge >= 0.3 is 5.97 Å². The highest BCUT2D eigenvalue weighted by atomic mass is 79.9. The van der Waals surface area contributed by atoms with Crippen LogP contribution in [0, 0.1) is 30.2 Å². The summed E-state index contributed by atoms with van der Waals surface area (Å²) < 4.78 is 62.0. The van der Waals surface area contributed by atoms with Gasteiger partial charge in [0.05, 0.1) is 10.9 Å². The largest absolute Gasteiger partial charge is 0.480 e. The topological polar surface area (TPSA) is 70.8 Å². The first-order valence-corrected chi connectivity index (χ1v) is 10.6. The lowest BCUT2D eigenvalue weighted by Gasteiger charge is -2.27. The molecule has 11 heteroatoms. The van der Waals surface area contributed by atoms with Crippen LogP contribution in [0.5, 0.6) is 0 Å². The first-order chi connectivity index (χ1) is 14.6. The number of aliphatic carboxylic acids is 1. The van der Waals surface area contributed by atoms with E-state index < -0.39 is 63.1 Å². The van der Waals surface area contributed by atoms with Crippen molar-refractivity contribution in [2.45, 2.75) is 18.3 Å². The van der Waals surface area contributed by atoms with Gasteiger partial charge in [-0.1, -0.05) is 28.1 Å². The Morgan fingerprint density at radius 2 is 1.84 bits per heavy atom. The van der Waals surface area contributed by atoms with Crippen LogP contribution in [0.15, 0.2) is 33.2 Å². The quantitative estimate of drug-likeness (QED) is 0.286. The van der Waals surface area contributed by atoms with Crippen LogP contribution in [0.1, 0.15) is 27.1 Å². The predicted molar refractivity (Wildman–Crippen MR) is 108 cm³/mol. The van der Waals surface area contributed by atoms with E-state index in [2.05, 4.69) is 15.9 Å². The molecule has 2 atom stereocenters. The maximum Gasteiger partial charge on any atom is 0.327 e. The van der Waals surface area contributed by atoms with E-state index in [-0.39, 0.29) is 11.5 Å². The number of benzene rings is 2. The van der Waals surface area contributed by atoms with Crippen LogP contribution in [0.4, 0.5) is 17.6 Å². The number of halogens is 5. The fourth-order valence-electron chi connectivity index (χ4n) is 3.56. The number of fused-ring (bicyclic) bond motifs is 1. The van der Waals surface area contributed by atoms with Gasteiger partial charge in [-0.2, -0.15) is 4.39 Å². The van der Waals surface area contributed by atoms with Crippen LogP contribution in [-0.4, -0.2) is 33.7 Å². The summed E-state index contributed by atoms with van der Waals surface area (Å²) in [4.78, 5) is 26.3. The van der Waals surface area contributed by atoms with Gasteiger partial charge in [-0.05, 0) is 24.6 Å². The molecule has 1 saturated heterocycles. The van der Waals surface area contributed by atoms with Crippen molar-refractivity contribution in [3.05, 3.63) is 68.9 Å². The highest BCUT2D eigenvalue weighted by Crippen LogP contribution is 2.44. The molecule has 2 unspecified atom stereocenters. The zero-order valence-corrected chi connectivity index (χ0v) is 18.0. The minimum atomic E-state index is -2.09. The maximum atomic E-state index is 14.5. The van der Waals surface area contributed by atoms with Gasteiger partial charge in [0.2, 0.25) is 11.6 Å². The lowest BCUT2D eigenvalue weighted by atomic mass is 10.1. The zero-order valence-electron chi connectivity index (χ0n) is 15.6. The Morgan fingerprint density at radius 1 is 1.16 bits per heavy atom. The first-order valence-electron chi connectivity index (χ1n) is 8.81. The third-order valence-corrected chi connectivity index (χ3v) is 6.77. The molecule has 0 radical (unpaired) electrons. The molecule has 1 aliphatic heterocycles. The van der Waals surface area contributed by atoms with Crippen molar-refractivity contribution in [2.24, 2.45) is 0 Å². The van der Waals surface area contributed by atoms with E-state index in [0.717, 1.165) is 4.90 Å². The number of hydrogen-bond acceptors (Lipinski definition) is 4. The van der Waals surface area contributed by atoms with Crippen LogP contribution < -0.4 is 0 Å². The van der Waals surface area contributed by atoms with E-state index in [4.69, 9.17) is 4.42 Å². The Morgan fingerprint density at radius 3 is 2.48 bits per heavy atom. The third kappa shape index (κ3) is 3.39. The van der Waals surface area contributed by atoms with Gasteiger partial charge in [0.15, 0.2) is 17.2 Å². The number of thioether (sulfide) groups is 1. The summed E-state index contributed by atoms with van der Waals surface area (Å²) >= 11 is 4.48. The number of carboxylic acids is 1. The molecule has 0 spiro atoms. The average molecular weight is 518 g/mol. The van der Waals surface area contributed by atoms with Crippen molar-refractivity contribution in [3.63, 3.8) is 0 Å². The number of nitrogens with zero attached hydrogens (tertiary/aromatic N) is 1. The highest BCUT2D eigenvalue weighted by molar-refractivity contribution is 9.10. The summed E-state index contributed by atoms with van der Waals surface area (Å²) in [5.74, 6) is -10.3. The molecule has 1 aromatic heterocycles. The Balaban J connectivity index is 1.91. The molecule has 5 nitrogen and oxygen atoms in total. The molecule has 3 aromatic rings. The molecular weight excluding hydrogens is 506 g/mol. The number of furan rings is 1. The Hall–Kier alpha value is -2.53. The molecular formula is C20H12BrF4NO4S. The van der Waals surface area contributed by atoms with Crippen molar-refractivity contribution in [3.8, 4) is 0 Å². The van der Waals surface area contributed by atoms with E-state index in [1.54, 1.807) is 24.3 Å². The fraction of sp³-hybridized carbons (Fsp3) is 0.200. The second-order valence-corrected chi connectivity index (χ2v) is 8.83. The monoisotopic (exact) mass is 517 g/mol. The highest BCUT2D eigenvalue weighted by Gasteiger charge is 2.44. The maximum absolute atomic E-state index is 14.5. The summed E-state index contributed by atoms with van der Waals surface area (Å²) in [7, 11) is 0. The van der Waals surface area contributed by atoms with E-state index >= 15 is 0 Å². The van der Waals surface area contributed by atoms with Crippen LogP contribution in [0.25, 0.3) is 11.0 Å². The smallest absolute Gasteiger partial charge is 0.327 e. The van der Waals surface area contributed by atoms with Crippen LogP contribution in [0.3, 0.4) is 0 Å². The average Bonchev–Trinajstić information content (AvgIpc) is 3.32. The van der Waals surface area contributed by atoms with E-state index in [0.29, 0.717) is 10.0 Å². The van der Waals surface area contributed by atoms with Gasteiger partial charge in [-0.15, -0.1) is 11.8 Å². The van der Waals surface area contributed by atoms with Crippen LogP contribution in [-0.2, 0) is 4.79 Å². The minimum absolute atomic E-state index is 0.0346. The molecule has 4 rings (SSSR count). The Labute approximate surface area is 185 Å². The lowest BCUT2D eigenvalue weighted by Crippen LogP contribution is -2.43. The second-order valence-electron chi connectivity index (χ2n) is 6.80. The number of amides is 1. The van der Waals surface area contributed by atoms with Crippen molar-refractivity contribution in [1.29, 1.82) is 0 Å². The predicted octanol–water partition coefficient (Wildman–Crippen LogP) is 5.40. The van der Waals surface area contributed by atoms with Gasteiger partial charge in [0.25, 0.3) is 5.91 Å². The molecule has 0 bridgehead atoms. The van der Waals surface area contributed by atoms with Gasteiger partial charge in [-0.25, -0.2) is 18.0 Å². The number of carbonyl (C=O) groups is 2. The van der Waals surface area contributed by atoms with Gasteiger partial charge in [0.1, 0.15) is 17.2 Å². The van der Waals surface area contributed by atoms with Crippen LogP contribution in [0.2, 0.25) is 0 Å². The molecule has 162 valence electrons. The number of aryl methyl sites for hydroxylation is 1. The second kappa shape index (κ2) is 7.86. The van der Waals surface area contributed by atoms with Crippen molar-refractivity contribution in [1.82, 2.24) is 4.90 Å². The van der Waals surface area contributed by atoms with Crippen molar-refractivity contribution >= 4 is 50.5 Å². The van der Waals surface area contributed by atoms with E-state index in [9.17, 15) is 32.3 Å². The number of rotatable bonds is 3. The third-order valence-electron chi connectivity index (χ3n) is 4.95.